The van der Waals surface area contributed by atoms with Crippen molar-refractivity contribution in [2.45, 2.75) is 32.1 Å². The van der Waals surface area contributed by atoms with Gasteiger partial charge in [0.05, 0.1) is 23.2 Å². The normalized spacial score (nSPS) is 14.6. The topological polar surface area (TPSA) is 149 Å². The van der Waals surface area contributed by atoms with E-state index in [1.165, 1.54) is 20.8 Å². The van der Waals surface area contributed by atoms with Crippen LogP contribution in [0.3, 0.4) is 0 Å². The van der Waals surface area contributed by atoms with Gasteiger partial charge in [0.1, 0.15) is 4.90 Å². The van der Waals surface area contributed by atoms with Gasteiger partial charge in [0.15, 0.2) is 0 Å². The van der Waals surface area contributed by atoms with Crippen LogP contribution in [-0.4, -0.2) is 47.3 Å². The third-order valence-corrected chi connectivity index (χ3v) is 4.70. The molecule has 1 atom stereocenters. The van der Waals surface area contributed by atoms with Crippen molar-refractivity contribution in [1.29, 1.82) is 0 Å². The molecule has 1 heterocycles. The summed E-state index contributed by atoms with van der Waals surface area (Å²) in [5.41, 5.74) is -1.18. The van der Waals surface area contributed by atoms with E-state index in [1.807, 2.05) is 0 Å². The quantitative estimate of drug-likeness (QED) is 0.546. The first-order valence-electron chi connectivity index (χ1n) is 5.96. The summed E-state index contributed by atoms with van der Waals surface area (Å²) < 4.78 is 26.5. The number of aliphatic carboxylic acids is 2. The summed E-state index contributed by atoms with van der Waals surface area (Å²) in [6.45, 7) is 3.63. The van der Waals surface area contributed by atoms with Crippen LogP contribution in [0.1, 0.15) is 24.7 Å². The molecule has 10 heteroatoms. The first-order chi connectivity index (χ1) is 9.49. The van der Waals surface area contributed by atoms with Crippen molar-refractivity contribution >= 4 is 22.0 Å². The highest BCUT2D eigenvalue weighted by molar-refractivity contribution is 7.89. The summed E-state index contributed by atoms with van der Waals surface area (Å²) in [6.07, 6.45) is -0.700. The van der Waals surface area contributed by atoms with Crippen LogP contribution in [0.25, 0.3) is 0 Å². The number of sulfonamides is 1. The van der Waals surface area contributed by atoms with Crippen LogP contribution in [0.5, 0.6) is 0 Å². The lowest BCUT2D eigenvalue weighted by Crippen LogP contribution is -2.42. The van der Waals surface area contributed by atoms with Crippen molar-refractivity contribution in [1.82, 2.24) is 14.9 Å². The first-order valence-corrected chi connectivity index (χ1v) is 7.44. The standard InChI is InChI=1S/C11H17N3O6S/c1-6-9(7(2)14-13-6)21(19,20)12-5-11(3,10(17)18)4-8(15)16/h12H,4-5H2,1-3H3,(H,13,14)(H,15,16)(H,17,18). The number of aromatic amines is 1. The molecule has 0 amide bonds. The van der Waals surface area contributed by atoms with Crippen molar-refractivity contribution in [2.24, 2.45) is 5.41 Å². The zero-order valence-corrected chi connectivity index (χ0v) is 12.6. The molecular weight excluding hydrogens is 302 g/mol. The van der Waals surface area contributed by atoms with E-state index in [0.717, 1.165) is 0 Å². The van der Waals surface area contributed by atoms with Crippen molar-refractivity contribution < 1.29 is 28.2 Å². The number of carboxylic acids is 2. The van der Waals surface area contributed by atoms with E-state index in [9.17, 15) is 18.0 Å². The maximum atomic E-state index is 12.2. The maximum absolute atomic E-state index is 12.2. The Morgan fingerprint density at radius 2 is 1.90 bits per heavy atom. The predicted octanol–water partition coefficient (Wildman–Crippen LogP) is -0.130. The minimum Gasteiger partial charge on any atom is -0.481 e. The Morgan fingerprint density at radius 1 is 1.33 bits per heavy atom. The minimum absolute atomic E-state index is 0.0643. The highest BCUT2D eigenvalue weighted by Crippen LogP contribution is 2.23. The molecule has 1 aromatic heterocycles. The fraction of sp³-hybridized carbons (Fsp3) is 0.545. The molecule has 0 aliphatic rings. The number of hydrogen-bond donors (Lipinski definition) is 4. The Bertz CT molecular complexity index is 646. The lowest BCUT2D eigenvalue weighted by Gasteiger charge is -2.23. The second kappa shape index (κ2) is 5.82. The summed E-state index contributed by atoms with van der Waals surface area (Å²) in [5.74, 6) is -2.72. The van der Waals surface area contributed by atoms with Gasteiger partial charge in [-0.2, -0.15) is 5.10 Å². The largest absolute Gasteiger partial charge is 0.481 e. The molecule has 4 N–H and O–H groups in total. The second-order valence-corrected chi connectivity index (χ2v) is 6.73. The van der Waals surface area contributed by atoms with E-state index >= 15 is 0 Å². The monoisotopic (exact) mass is 319 g/mol. The molecule has 118 valence electrons. The van der Waals surface area contributed by atoms with Crippen LogP contribution < -0.4 is 4.72 Å². The Labute approximate surface area is 121 Å². The van der Waals surface area contributed by atoms with E-state index in [0.29, 0.717) is 5.69 Å². The van der Waals surface area contributed by atoms with E-state index in [-0.39, 0.29) is 10.6 Å². The molecule has 1 rings (SSSR count). The summed E-state index contributed by atoms with van der Waals surface area (Å²) in [7, 11) is -3.98. The molecule has 0 bridgehead atoms. The Morgan fingerprint density at radius 3 is 2.29 bits per heavy atom. The number of hydrogen-bond acceptors (Lipinski definition) is 5. The molecule has 0 aromatic carbocycles. The van der Waals surface area contributed by atoms with Gasteiger partial charge in [-0.1, -0.05) is 0 Å². The molecule has 0 saturated heterocycles. The predicted molar refractivity (Wildman–Crippen MR) is 71.2 cm³/mol. The second-order valence-electron chi connectivity index (χ2n) is 5.02. The fourth-order valence-corrected chi connectivity index (χ4v) is 3.35. The molecule has 0 radical (unpaired) electrons. The molecule has 0 aliphatic heterocycles. The molecule has 21 heavy (non-hydrogen) atoms. The van der Waals surface area contributed by atoms with Gasteiger partial charge in [0.25, 0.3) is 0 Å². The number of carboxylic acid groups (broad SMARTS) is 2. The highest BCUT2D eigenvalue weighted by Gasteiger charge is 2.37. The van der Waals surface area contributed by atoms with Crippen molar-refractivity contribution in [2.75, 3.05) is 6.54 Å². The molecule has 1 aromatic rings. The van der Waals surface area contributed by atoms with Crippen LogP contribution in [0.15, 0.2) is 4.90 Å². The number of H-pyrrole nitrogens is 1. The van der Waals surface area contributed by atoms with Gasteiger partial charge in [0.2, 0.25) is 10.0 Å². The van der Waals surface area contributed by atoms with Crippen molar-refractivity contribution in [3.8, 4) is 0 Å². The first kappa shape index (κ1) is 17.1. The van der Waals surface area contributed by atoms with Crippen LogP contribution in [0.2, 0.25) is 0 Å². The lowest BCUT2D eigenvalue weighted by atomic mass is 9.87. The highest BCUT2D eigenvalue weighted by atomic mass is 32.2. The Balaban J connectivity index is 3.00. The van der Waals surface area contributed by atoms with Crippen LogP contribution in [-0.2, 0) is 19.6 Å². The molecule has 0 aliphatic carbocycles. The average molecular weight is 319 g/mol. The molecular formula is C11H17N3O6S. The molecule has 0 saturated carbocycles. The van der Waals surface area contributed by atoms with Gasteiger partial charge in [-0.05, 0) is 20.8 Å². The number of carbonyl (C=O) groups is 2. The van der Waals surface area contributed by atoms with Gasteiger partial charge in [-0.15, -0.1) is 0 Å². The summed E-state index contributed by atoms with van der Waals surface area (Å²) in [5, 5.41) is 24.1. The van der Waals surface area contributed by atoms with Gasteiger partial charge in [0, 0.05) is 6.54 Å². The van der Waals surface area contributed by atoms with E-state index in [1.54, 1.807) is 0 Å². The number of nitrogens with zero attached hydrogens (tertiary/aromatic N) is 1. The average Bonchev–Trinajstić information content (AvgIpc) is 2.66. The smallest absolute Gasteiger partial charge is 0.311 e. The van der Waals surface area contributed by atoms with Crippen LogP contribution >= 0.6 is 0 Å². The number of aromatic nitrogens is 2. The molecule has 0 spiro atoms. The number of nitrogens with one attached hydrogen (secondary N) is 2. The molecule has 9 nitrogen and oxygen atoms in total. The van der Waals surface area contributed by atoms with Crippen LogP contribution in [0, 0.1) is 19.3 Å². The zero-order valence-electron chi connectivity index (χ0n) is 11.8. The van der Waals surface area contributed by atoms with Gasteiger partial charge < -0.3 is 10.2 Å². The Kier molecular flexibility index (Phi) is 4.74. The summed E-state index contributed by atoms with van der Waals surface area (Å²) in [4.78, 5) is 21.8. The number of rotatable bonds is 7. The Hall–Kier alpha value is -1.94. The van der Waals surface area contributed by atoms with Crippen LogP contribution in [0.4, 0.5) is 0 Å². The zero-order chi connectivity index (χ0) is 16.4. The number of aryl methyl sites for hydroxylation is 2. The SMILES string of the molecule is Cc1n[nH]c(C)c1S(=O)(=O)NCC(C)(CC(=O)O)C(=O)O. The maximum Gasteiger partial charge on any atom is 0.311 e. The lowest BCUT2D eigenvalue weighted by molar-refractivity contribution is -0.154. The fourth-order valence-electron chi connectivity index (χ4n) is 1.81. The van der Waals surface area contributed by atoms with Gasteiger partial charge in [-0.3, -0.25) is 14.7 Å². The minimum atomic E-state index is -3.98. The molecule has 1 unspecified atom stereocenters. The molecule has 0 fully saturated rings. The van der Waals surface area contributed by atoms with E-state index in [4.69, 9.17) is 10.2 Å². The summed E-state index contributed by atoms with van der Waals surface area (Å²) >= 11 is 0. The van der Waals surface area contributed by atoms with E-state index < -0.39 is 40.3 Å². The van der Waals surface area contributed by atoms with Crippen molar-refractivity contribution in [3.63, 3.8) is 0 Å². The summed E-state index contributed by atoms with van der Waals surface area (Å²) in [6, 6.07) is 0. The van der Waals surface area contributed by atoms with Gasteiger partial charge in [-0.25, -0.2) is 13.1 Å². The van der Waals surface area contributed by atoms with E-state index in [2.05, 4.69) is 14.9 Å². The third kappa shape index (κ3) is 3.79. The third-order valence-electron chi connectivity index (χ3n) is 3.04. The van der Waals surface area contributed by atoms with Crippen molar-refractivity contribution in [3.05, 3.63) is 11.4 Å². The van der Waals surface area contributed by atoms with Gasteiger partial charge >= 0.3 is 11.9 Å².